The molecule has 0 spiro atoms. The van der Waals surface area contributed by atoms with Crippen molar-refractivity contribution in [3.05, 3.63) is 11.9 Å². The van der Waals surface area contributed by atoms with E-state index in [4.69, 9.17) is 0 Å². The Morgan fingerprint density at radius 2 is 2.24 bits per heavy atom. The monoisotopic (exact) mass is 235 g/mol. The minimum Gasteiger partial charge on any atom is -0.380 e. The van der Waals surface area contributed by atoms with Crippen molar-refractivity contribution in [3.8, 4) is 0 Å². The van der Waals surface area contributed by atoms with Crippen LogP contribution >= 0.6 is 0 Å². The minimum absolute atomic E-state index is 0.656. The quantitative estimate of drug-likeness (QED) is 0.867. The second-order valence-electron chi connectivity index (χ2n) is 5.30. The lowest BCUT2D eigenvalue weighted by molar-refractivity contribution is 0.327. The topological polar surface area (TPSA) is 29.9 Å². The molecule has 1 aliphatic carbocycles. The Labute approximate surface area is 105 Å². The van der Waals surface area contributed by atoms with E-state index in [1.54, 1.807) is 0 Å². The van der Waals surface area contributed by atoms with Crippen LogP contribution in [0.25, 0.3) is 0 Å². The molecule has 2 rings (SSSR count). The second kappa shape index (κ2) is 5.56. The van der Waals surface area contributed by atoms with Crippen LogP contribution in [0.1, 0.15) is 51.6 Å². The van der Waals surface area contributed by atoms with Gasteiger partial charge in [-0.2, -0.15) is 5.10 Å². The Bertz CT molecular complexity index is 356. The average Bonchev–Trinajstić information content (AvgIpc) is 2.69. The fourth-order valence-corrected chi connectivity index (χ4v) is 2.93. The first-order chi connectivity index (χ1) is 8.22. The molecule has 1 aliphatic rings. The Hall–Kier alpha value is -0.990. The zero-order valence-electron chi connectivity index (χ0n) is 11.4. The van der Waals surface area contributed by atoms with Gasteiger partial charge in [-0.15, -0.1) is 0 Å². The summed E-state index contributed by atoms with van der Waals surface area (Å²) in [6, 6.07) is 0.656. The van der Waals surface area contributed by atoms with Gasteiger partial charge in [-0.3, -0.25) is 4.68 Å². The van der Waals surface area contributed by atoms with E-state index >= 15 is 0 Å². The van der Waals surface area contributed by atoms with Crippen molar-refractivity contribution >= 4 is 5.69 Å². The molecule has 1 fully saturated rings. The van der Waals surface area contributed by atoms with Crippen molar-refractivity contribution in [1.82, 2.24) is 9.78 Å². The molecule has 1 aromatic rings. The van der Waals surface area contributed by atoms with E-state index in [1.165, 1.54) is 43.5 Å². The average molecular weight is 235 g/mol. The minimum atomic E-state index is 0.656. The van der Waals surface area contributed by atoms with E-state index in [0.29, 0.717) is 6.04 Å². The fraction of sp³-hybridized carbons (Fsp3) is 0.786. The van der Waals surface area contributed by atoms with E-state index in [0.717, 1.165) is 12.3 Å². The van der Waals surface area contributed by atoms with Crippen LogP contribution in [0.5, 0.6) is 0 Å². The van der Waals surface area contributed by atoms with E-state index in [9.17, 15) is 0 Å². The molecule has 0 aromatic carbocycles. The van der Waals surface area contributed by atoms with Gasteiger partial charge in [0.1, 0.15) is 0 Å². The SMILES string of the molecule is CCc1nn(C)cc1NC1CCCC(CC)C1. The molecule has 0 bridgehead atoms. The number of aryl methyl sites for hydroxylation is 2. The lowest BCUT2D eigenvalue weighted by Gasteiger charge is -2.29. The van der Waals surface area contributed by atoms with Crippen molar-refractivity contribution < 1.29 is 0 Å². The number of anilines is 1. The lowest BCUT2D eigenvalue weighted by Crippen LogP contribution is -2.27. The first-order valence-electron chi connectivity index (χ1n) is 7.02. The molecule has 3 nitrogen and oxygen atoms in total. The summed E-state index contributed by atoms with van der Waals surface area (Å²) >= 11 is 0. The van der Waals surface area contributed by atoms with Crippen molar-refractivity contribution in [3.63, 3.8) is 0 Å². The molecule has 1 heterocycles. The number of rotatable bonds is 4. The number of aromatic nitrogens is 2. The smallest absolute Gasteiger partial charge is 0.0853 e. The zero-order valence-corrected chi connectivity index (χ0v) is 11.4. The number of nitrogens with zero attached hydrogens (tertiary/aromatic N) is 2. The maximum atomic E-state index is 4.49. The molecule has 0 amide bonds. The highest BCUT2D eigenvalue weighted by Gasteiger charge is 2.21. The summed E-state index contributed by atoms with van der Waals surface area (Å²) in [6.07, 6.45) is 9.89. The Kier molecular flexibility index (Phi) is 4.08. The lowest BCUT2D eigenvalue weighted by atomic mass is 9.84. The van der Waals surface area contributed by atoms with Crippen LogP contribution in [0.4, 0.5) is 5.69 Å². The number of hydrogen-bond donors (Lipinski definition) is 1. The molecule has 96 valence electrons. The van der Waals surface area contributed by atoms with Crippen molar-refractivity contribution in [2.45, 2.75) is 58.4 Å². The standard InChI is InChI=1S/C14H25N3/c1-4-11-7-6-8-12(9-11)15-14-10-17(3)16-13(14)5-2/h10-12,15H,4-9H2,1-3H3. The van der Waals surface area contributed by atoms with Crippen LogP contribution in [-0.4, -0.2) is 15.8 Å². The molecule has 17 heavy (non-hydrogen) atoms. The molecular formula is C14H25N3. The highest BCUT2D eigenvalue weighted by atomic mass is 15.3. The van der Waals surface area contributed by atoms with Gasteiger partial charge in [0.25, 0.3) is 0 Å². The van der Waals surface area contributed by atoms with Gasteiger partial charge in [0.2, 0.25) is 0 Å². The fourth-order valence-electron chi connectivity index (χ4n) is 2.93. The molecule has 0 radical (unpaired) electrons. The van der Waals surface area contributed by atoms with Gasteiger partial charge >= 0.3 is 0 Å². The van der Waals surface area contributed by atoms with E-state index < -0.39 is 0 Å². The van der Waals surface area contributed by atoms with Crippen LogP contribution < -0.4 is 5.32 Å². The summed E-state index contributed by atoms with van der Waals surface area (Å²) in [5.74, 6) is 0.919. The van der Waals surface area contributed by atoms with E-state index in [2.05, 4.69) is 30.5 Å². The van der Waals surface area contributed by atoms with Crippen molar-refractivity contribution in [2.24, 2.45) is 13.0 Å². The molecule has 1 aromatic heterocycles. The van der Waals surface area contributed by atoms with Gasteiger partial charge in [0, 0.05) is 19.3 Å². The third-order valence-electron chi connectivity index (χ3n) is 3.96. The van der Waals surface area contributed by atoms with Gasteiger partial charge in [0.15, 0.2) is 0 Å². The zero-order chi connectivity index (χ0) is 12.3. The van der Waals surface area contributed by atoms with Gasteiger partial charge < -0.3 is 5.32 Å². The summed E-state index contributed by atoms with van der Waals surface area (Å²) in [7, 11) is 2.00. The van der Waals surface area contributed by atoms with Crippen LogP contribution in [0.3, 0.4) is 0 Å². The first-order valence-corrected chi connectivity index (χ1v) is 7.02. The third-order valence-corrected chi connectivity index (χ3v) is 3.96. The summed E-state index contributed by atoms with van der Waals surface area (Å²) in [5.41, 5.74) is 2.45. The predicted molar refractivity (Wildman–Crippen MR) is 72.2 cm³/mol. The number of nitrogens with one attached hydrogen (secondary N) is 1. The maximum absolute atomic E-state index is 4.49. The first kappa shape index (κ1) is 12.5. The molecule has 0 aliphatic heterocycles. The molecule has 0 saturated heterocycles. The van der Waals surface area contributed by atoms with E-state index in [-0.39, 0.29) is 0 Å². The van der Waals surface area contributed by atoms with Crippen molar-refractivity contribution in [2.75, 3.05) is 5.32 Å². The molecule has 1 N–H and O–H groups in total. The van der Waals surface area contributed by atoms with Crippen LogP contribution in [-0.2, 0) is 13.5 Å². The molecular weight excluding hydrogens is 210 g/mol. The summed E-state index contributed by atoms with van der Waals surface area (Å²) < 4.78 is 1.92. The van der Waals surface area contributed by atoms with Crippen LogP contribution in [0, 0.1) is 5.92 Å². The molecule has 2 unspecified atom stereocenters. The highest BCUT2D eigenvalue weighted by molar-refractivity contribution is 5.47. The van der Waals surface area contributed by atoms with Crippen LogP contribution in [0.15, 0.2) is 6.20 Å². The van der Waals surface area contributed by atoms with Gasteiger partial charge in [0.05, 0.1) is 11.4 Å². The van der Waals surface area contributed by atoms with Crippen LogP contribution in [0.2, 0.25) is 0 Å². The summed E-state index contributed by atoms with van der Waals surface area (Å²) in [5, 5.41) is 8.19. The van der Waals surface area contributed by atoms with Crippen molar-refractivity contribution in [1.29, 1.82) is 0 Å². The Morgan fingerprint density at radius 3 is 2.94 bits per heavy atom. The van der Waals surface area contributed by atoms with Gasteiger partial charge in [-0.05, 0) is 25.2 Å². The third kappa shape index (κ3) is 3.02. The molecule has 3 heteroatoms. The normalized spacial score (nSPS) is 24.9. The Morgan fingerprint density at radius 1 is 1.41 bits per heavy atom. The molecule has 2 atom stereocenters. The second-order valence-corrected chi connectivity index (χ2v) is 5.30. The summed E-state index contributed by atoms with van der Waals surface area (Å²) in [4.78, 5) is 0. The predicted octanol–water partition coefficient (Wildman–Crippen LogP) is 3.36. The highest BCUT2D eigenvalue weighted by Crippen LogP contribution is 2.29. The van der Waals surface area contributed by atoms with Gasteiger partial charge in [-0.1, -0.05) is 33.1 Å². The summed E-state index contributed by atoms with van der Waals surface area (Å²) in [6.45, 7) is 4.48. The largest absolute Gasteiger partial charge is 0.380 e. The number of hydrogen-bond acceptors (Lipinski definition) is 2. The maximum Gasteiger partial charge on any atom is 0.0853 e. The van der Waals surface area contributed by atoms with E-state index in [1.807, 2.05) is 11.7 Å². The Balaban J connectivity index is 1.99. The molecule has 1 saturated carbocycles. The van der Waals surface area contributed by atoms with Gasteiger partial charge in [-0.25, -0.2) is 0 Å².